The lowest BCUT2D eigenvalue weighted by atomic mass is 10.1. The molecule has 2 nitrogen and oxygen atoms in total. The summed E-state index contributed by atoms with van der Waals surface area (Å²) in [6.45, 7) is 4.43. The third-order valence-electron chi connectivity index (χ3n) is 2.38. The number of aromatic nitrogens is 1. The van der Waals surface area contributed by atoms with Gasteiger partial charge in [0.2, 0.25) is 0 Å². The molecule has 1 aliphatic rings. The van der Waals surface area contributed by atoms with Crippen LogP contribution >= 0.6 is 11.3 Å². The average Bonchev–Trinajstić information content (AvgIpc) is 2.62. The maximum atomic E-state index is 6.06. The summed E-state index contributed by atoms with van der Waals surface area (Å²) in [5, 5.41) is 3.30. The molecule has 0 unspecified atom stereocenters. The van der Waals surface area contributed by atoms with E-state index in [9.17, 15) is 0 Å². The summed E-state index contributed by atoms with van der Waals surface area (Å²) in [7, 11) is 0. The SMILES string of the molecule is CC(C)Cc1csc(C2(N)CC2)n1. The molecule has 0 saturated heterocycles. The molecule has 2 N–H and O–H groups in total. The van der Waals surface area contributed by atoms with E-state index in [0.717, 1.165) is 24.3 Å². The van der Waals surface area contributed by atoms with E-state index in [1.165, 1.54) is 5.69 Å². The number of hydrogen-bond acceptors (Lipinski definition) is 3. The van der Waals surface area contributed by atoms with E-state index in [2.05, 4.69) is 24.2 Å². The van der Waals surface area contributed by atoms with E-state index in [0.29, 0.717) is 5.92 Å². The Bertz CT molecular complexity index is 300. The molecular weight excluding hydrogens is 180 g/mol. The van der Waals surface area contributed by atoms with Crippen LogP contribution in [-0.4, -0.2) is 4.98 Å². The van der Waals surface area contributed by atoms with E-state index in [1.807, 2.05) is 0 Å². The van der Waals surface area contributed by atoms with Gasteiger partial charge in [-0.15, -0.1) is 11.3 Å². The van der Waals surface area contributed by atoms with E-state index in [1.54, 1.807) is 11.3 Å². The second-order valence-corrected chi connectivity index (χ2v) is 5.26. The Morgan fingerprint density at radius 1 is 1.62 bits per heavy atom. The van der Waals surface area contributed by atoms with Crippen LogP contribution in [0.4, 0.5) is 0 Å². The van der Waals surface area contributed by atoms with Crippen LogP contribution in [0, 0.1) is 5.92 Å². The van der Waals surface area contributed by atoms with Crippen molar-refractivity contribution < 1.29 is 0 Å². The van der Waals surface area contributed by atoms with Gasteiger partial charge in [0.15, 0.2) is 0 Å². The van der Waals surface area contributed by atoms with Crippen molar-refractivity contribution in [3.8, 4) is 0 Å². The fourth-order valence-electron chi connectivity index (χ4n) is 1.40. The molecular formula is C10H16N2S. The number of nitrogens with two attached hydrogens (primary N) is 1. The van der Waals surface area contributed by atoms with Crippen molar-refractivity contribution in [2.75, 3.05) is 0 Å². The minimum absolute atomic E-state index is 0.0418. The van der Waals surface area contributed by atoms with Gasteiger partial charge in [-0.25, -0.2) is 4.98 Å². The fraction of sp³-hybridized carbons (Fsp3) is 0.700. The molecule has 0 aromatic carbocycles. The molecule has 1 aliphatic carbocycles. The minimum atomic E-state index is -0.0418. The van der Waals surface area contributed by atoms with Crippen LogP contribution in [0.2, 0.25) is 0 Å². The molecule has 1 fully saturated rings. The minimum Gasteiger partial charge on any atom is -0.319 e. The number of nitrogens with zero attached hydrogens (tertiary/aromatic N) is 1. The van der Waals surface area contributed by atoms with Crippen molar-refractivity contribution in [2.24, 2.45) is 11.7 Å². The summed E-state index contributed by atoms with van der Waals surface area (Å²) in [6, 6.07) is 0. The zero-order chi connectivity index (χ0) is 9.47. The van der Waals surface area contributed by atoms with Crippen LogP contribution in [0.3, 0.4) is 0 Å². The smallest absolute Gasteiger partial charge is 0.113 e. The van der Waals surface area contributed by atoms with Crippen molar-refractivity contribution in [3.05, 3.63) is 16.1 Å². The van der Waals surface area contributed by atoms with Crippen molar-refractivity contribution in [1.29, 1.82) is 0 Å². The normalized spacial score (nSPS) is 19.4. The van der Waals surface area contributed by atoms with E-state index < -0.39 is 0 Å². The topological polar surface area (TPSA) is 38.9 Å². The fourth-order valence-corrected chi connectivity index (χ4v) is 2.40. The molecule has 3 heteroatoms. The van der Waals surface area contributed by atoms with Gasteiger partial charge in [-0.1, -0.05) is 13.8 Å². The summed E-state index contributed by atoms with van der Waals surface area (Å²) in [5.41, 5.74) is 7.23. The predicted molar refractivity (Wildman–Crippen MR) is 55.8 cm³/mol. The van der Waals surface area contributed by atoms with Gasteiger partial charge >= 0.3 is 0 Å². The first-order valence-corrected chi connectivity index (χ1v) is 5.72. The van der Waals surface area contributed by atoms with Crippen LogP contribution in [0.25, 0.3) is 0 Å². The first-order valence-electron chi connectivity index (χ1n) is 4.84. The van der Waals surface area contributed by atoms with Crippen molar-refractivity contribution in [1.82, 2.24) is 4.98 Å². The Balaban J connectivity index is 2.09. The first-order chi connectivity index (χ1) is 6.10. The Morgan fingerprint density at radius 3 is 2.85 bits per heavy atom. The molecule has 72 valence electrons. The number of rotatable bonds is 3. The summed E-state index contributed by atoms with van der Waals surface area (Å²) in [6.07, 6.45) is 3.30. The Kier molecular flexibility index (Phi) is 2.16. The van der Waals surface area contributed by atoms with Crippen LogP contribution < -0.4 is 5.73 Å². The molecule has 0 atom stereocenters. The second kappa shape index (κ2) is 3.07. The van der Waals surface area contributed by atoms with Crippen molar-refractivity contribution in [3.63, 3.8) is 0 Å². The van der Waals surface area contributed by atoms with Crippen LogP contribution in [0.5, 0.6) is 0 Å². The molecule has 1 aromatic heterocycles. The van der Waals surface area contributed by atoms with E-state index in [4.69, 9.17) is 5.73 Å². The quantitative estimate of drug-likeness (QED) is 0.805. The van der Waals surface area contributed by atoms with Gasteiger partial charge in [-0.2, -0.15) is 0 Å². The van der Waals surface area contributed by atoms with Gasteiger partial charge in [0.25, 0.3) is 0 Å². The lowest BCUT2D eigenvalue weighted by molar-refractivity contribution is 0.631. The molecule has 0 aliphatic heterocycles. The maximum absolute atomic E-state index is 6.06. The molecule has 0 spiro atoms. The third-order valence-corrected chi connectivity index (χ3v) is 3.49. The molecule has 1 saturated carbocycles. The van der Waals surface area contributed by atoms with Gasteiger partial charge < -0.3 is 5.73 Å². The maximum Gasteiger partial charge on any atom is 0.113 e. The largest absolute Gasteiger partial charge is 0.319 e. The molecule has 1 aromatic rings. The second-order valence-electron chi connectivity index (χ2n) is 4.40. The molecule has 1 heterocycles. The molecule has 0 radical (unpaired) electrons. The summed E-state index contributed by atoms with van der Waals surface area (Å²) < 4.78 is 0. The summed E-state index contributed by atoms with van der Waals surface area (Å²) >= 11 is 1.72. The van der Waals surface area contributed by atoms with Crippen molar-refractivity contribution >= 4 is 11.3 Å². The molecule has 13 heavy (non-hydrogen) atoms. The zero-order valence-electron chi connectivity index (χ0n) is 8.21. The summed E-state index contributed by atoms with van der Waals surface area (Å²) in [4.78, 5) is 4.58. The van der Waals surface area contributed by atoms with Gasteiger partial charge in [0.1, 0.15) is 5.01 Å². The lowest BCUT2D eigenvalue weighted by Crippen LogP contribution is -2.18. The van der Waals surface area contributed by atoms with Gasteiger partial charge in [0, 0.05) is 5.38 Å². The van der Waals surface area contributed by atoms with E-state index >= 15 is 0 Å². The van der Waals surface area contributed by atoms with Gasteiger partial charge in [-0.05, 0) is 25.2 Å². The standard InChI is InChI=1S/C10H16N2S/c1-7(2)5-8-6-13-9(12-8)10(11)3-4-10/h6-7H,3-5,11H2,1-2H3. The van der Waals surface area contributed by atoms with Gasteiger partial charge in [-0.3, -0.25) is 0 Å². The highest BCUT2D eigenvalue weighted by atomic mass is 32.1. The lowest BCUT2D eigenvalue weighted by Gasteiger charge is -2.02. The Morgan fingerprint density at radius 2 is 2.31 bits per heavy atom. The number of thiazole rings is 1. The highest BCUT2D eigenvalue weighted by molar-refractivity contribution is 7.09. The predicted octanol–water partition coefficient (Wildman–Crippen LogP) is 2.29. The van der Waals surface area contributed by atoms with E-state index in [-0.39, 0.29) is 5.54 Å². The zero-order valence-corrected chi connectivity index (χ0v) is 9.03. The Labute approximate surface area is 83.2 Å². The molecule has 0 bridgehead atoms. The van der Waals surface area contributed by atoms with Crippen LogP contribution in [-0.2, 0) is 12.0 Å². The molecule has 2 rings (SSSR count). The molecule has 0 amide bonds. The third kappa shape index (κ3) is 1.92. The first kappa shape index (κ1) is 9.16. The average molecular weight is 196 g/mol. The van der Waals surface area contributed by atoms with Gasteiger partial charge in [0.05, 0.1) is 11.2 Å². The van der Waals surface area contributed by atoms with Crippen LogP contribution in [0.15, 0.2) is 5.38 Å². The number of hydrogen-bond donors (Lipinski definition) is 1. The monoisotopic (exact) mass is 196 g/mol. The Hall–Kier alpha value is -0.410. The highest BCUT2D eigenvalue weighted by Crippen LogP contribution is 2.43. The highest BCUT2D eigenvalue weighted by Gasteiger charge is 2.42. The summed E-state index contributed by atoms with van der Waals surface area (Å²) in [5.74, 6) is 0.683. The van der Waals surface area contributed by atoms with Crippen molar-refractivity contribution in [2.45, 2.75) is 38.6 Å². The van der Waals surface area contributed by atoms with Crippen LogP contribution in [0.1, 0.15) is 37.4 Å².